The van der Waals surface area contributed by atoms with Gasteiger partial charge in [0.2, 0.25) is 0 Å². The molecule has 1 unspecified atom stereocenters. The average molecular weight is 236 g/mol. The maximum Gasteiger partial charge on any atom is 0.253 e. The number of anilines is 1. The second-order valence-electron chi connectivity index (χ2n) is 4.18. The Bertz CT molecular complexity index is 391. The number of amides is 1. The monoisotopic (exact) mass is 236 g/mol. The van der Waals surface area contributed by atoms with E-state index >= 15 is 0 Å². The lowest BCUT2D eigenvalue weighted by atomic mass is 10.1. The summed E-state index contributed by atoms with van der Waals surface area (Å²) in [4.78, 5) is 11.9. The highest BCUT2D eigenvalue weighted by atomic mass is 16.5. The predicted octanol–water partition coefficient (Wildman–Crippen LogP) is 2.05. The number of ether oxygens (including phenoxy) is 1. The van der Waals surface area contributed by atoms with Crippen LogP contribution in [0.4, 0.5) is 5.69 Å². The molecular formula is C13H20N2O2. The minimum atomic E-state index is -0.151. The van der Waals surface area contributed by atoms with E-state index in [-0.39, 0.29) is 5.91 Å². The van der Waals surface area contributed by atoms with Crippen molar-refractivity contribution in [2.45, 2.75) is 20.3 Å². The smallest absolute Gasteiger partial charge is 0.253 e. The van der Waals surface area contributed by atoms with Gasteiger partial charge in [0, 0.05) is 12.2 Å². The summed E-state index contributed by atoms with van der Waals surface area (Å²) in [5.74, 6) is 0.945. The quantitative estimate of drug-likeness (QED) is 0.769. The molecule has 0 aliphatic rings. The first-order valence-electron chi connectivity index (χ1n) is 5.80. The number of carbonyl (C=O) groups is 1. The van der Waals surface area contributed by atoms with Crippen LogP contribution in [-0.4, -0.2) is 19.6 Å². The Labute approximate surface area is 102 Å². The minimum Gasteiger partial charge on any atom is -0.497 e. The molecule has 17 heavy (non-hydrogen) atoms. The van der Waals surface area contributed by atoms with Crippen LogP contribution < -0.4 is 15.8 Å². The molecule has 1 aromatic carbocycles. The fraction of sp³-hybridized carbons (Fsp3) is 0.462. The molecule has 0 aromatic heterocycles. The van der Waals surface area contributed by atoms with Crippen molar-refractivity contribution in [1.29, 1.82) is 0 Å². The first-order valence-corrected chi connectivity index (χ1v) is 5.80. The molecule has 0 spiro atoms. The van der Waals surface area contributed by atoms with Crippen molar-refractivity contribution in [1.82, 2.24) is 5.32 Å². The van der Waals surface area contributed by atoms with Crippen LogP contribution in [0.5, 0.6) is 5.75 Å². The molecule has 0 bridgehead atoms. The lowest BCUT2D eigenvalue weighted by molar-refractivity contribution is 0.0948. The first-order chi connectivity index (χ1) is 8.08. The molecule has 94 valence electrons. The topological polar surface area (TPSA) is 64.3 Å². The van der Waals surface area contributed by atoms with Crippen molar-refractivity contribution in [2.75, 3.05) is 19.4 Å². The zero-order valence-corrected chi connectivity index (χ0v) is 10.6. The van der Waals surface area contributed by atoms with Crippen LogP contribution in [-0.2, 0) is 0 Å². The number of rotatable bonds is 5. The van der Waals surface area contributed by atoms with Gasteiger partial charge in [-0.15, -0.1) is 0 Å². The number of hydrogen-bond acceptors (Lipinski definition) is 3. The summed E-state index contributed by atoms with van der Waals surface area (Å²) >= 11 is 0. The van der Waals surface area contributed by atoms with Crippen molar-refractivity contribution in [3.8, 4) is 5.75 Å². The van der Waals surface area contributed by atoms with E-state index in [4.69, 9.17) is 10.5 Å². The second kappa shape index (κ2) is 6.13. The van der Waals surface area contributed by atoms with E-state index in [9.17, 15) is 4.79 Å². The summed E-state index contributed by atoms with van der Waals surface area (Å²) < 4.78 is 5.07. The number of nitrogens with two attached hydrogens (primary N) is 1. The van der Waals surface area contributed by atoms with Crippen LogP contribution in [0.1, 0.15) is 30.6 Å². The Morgan fingerprint density at radius 1 is 1.53 bits per heavy atom. The van der Waals surface area contributed by atoms with Gasteiger partial charge in [-0.2, -0.15) is 0 Å². The third-order valence-electron chi connectivity index (χ3n) is 2.81. The van der Waals surface area contributed by atoms with Crippen LogP contribution in [0.25, 0.3) is 0 Å². The van der Waals surface area contributed by atoms with Crippen molar-refractivity contribution in [2.24, 2.45) is 5.92 Å². The van der Waals surface area contributed by atoms with E-state index in [1.165, 1.54) is 0 Å². The van der Waals surface area contributed by atoms with Gasteiger partial charge in [-0.25, -0.2) is 0 Å². The van der Waals surface area contributed by atoms with E-state index < -0.39 is 0 Å². The number of hydrogen-bond donors (Lipinski definition) is 2. The zero-order chi connectivity index (χ0) is 12.8. The highest BCUT2D eigenvalue weighted by Crippen LogP contribution is 2.19. The molecule has 1 rings (SSSR count). The van der Waals surface area contributed by atoms with Crippen molar-refractivity contribution >= 4 is 11.6 Å². The molecule has 0 saturated heterocycles. The molecule has 0 radical (unpaired) electrons. The molecule has 0 fully saturated rings. The SMILES string of the molecule is CCC(C)CNC(=O)c1cc(OC)ccc1N. The summed E-state index contributed by atoms with van der Waals surface area (Å²) in [6.07, 6.45) is 1.04. The van der Waals surface area contributed by atoms with Crippen LogP contribution in [0.2, 0.25) is 0 Å². The lowest BCUT2D eigenvalue weighted by Crippen LogP contribution is -2.28. The third-order valence-corrected chi connectivity index (χ3v) is 2.81. The summed E-state index contributed by atoms with van der Waals surface area (Å²) in [5.41, 5.74) is 6.70. The minimum absolute atomic E-state index is 0.151. The molecule has 1 atom stereocenters. The van der Waals surface area contributed by atoms with Gasteiger partial charge in [-0.1, -0.05) is 20.3 Å². The summed E-state index contributed by atoms with van der Waals surface area (Å²) in [6.45, 7) is 4.85. The normalized spacial score (nSPS) is 11.9. The number of carbonyl (C=O) groups excluding carboxylic acids is 1. The number of nitrogens with one attached hydrogen (secondary N) is 1. The Balaban J connectivity index is 2.74. The maximum absolute atomic E-state index is 11.9. The molecule has 4 heteroatoms. The van der Waals surface area contributed by atoms with Crippen molar-refractivity contribution in [3.63, 3.8) is 0 Å². The summed E-state index contributed by atoms with van der Waals surface area (Å²) in [7, 11) is 1.56. The molecule has 0 saturated carbocycles. The molecule has 1 aromatic rings. The van der Waals surface area contributed by atoms with Gasteiger partial charge in [0.05, 0.1) is 12.7 Å². The van der Waals surface area contributed by atoms with E-state index in [0.29, 0.717) is 29.5 Å². The Morgan fingerprint density at radius 3 is 2.82 bits per heavy atom. The van der Waals surface area contributed by atoms with E-state index in [2.05, 4.69) is 19.2 Å². The number of methoxy groups -OCH3 is 1. The van der Waals surface area contributed by atoms with Crippen LogP contribution in [0, 0.1) is 5.92 Å². The maximum atomic E-state index is 11.9. The van der Waals surface area contributed by atoms with Gasteiger partial charge in [0.1, 0.15) is 5.75 Å². The molecular weight excluding hydrogens is 216 g/mol. The van der Waals surface area contributed by atoms with Crippen LogP contribution >= 0.6 is 0 Å². The summed E-state index contributed by atoms with van der Waals surface area (Å²) in [5, 5.41) is 2.87. The highest BCUT2D eigenvalue weighted by molar-refractivity contribution is 5.99. The lowest BCUT2D eigenvalue weighted by Gasteiger charge is -2.12. The van der Waals surface area contributed by atoms with E-state index in [1.807, 2.05) is 0 Å². The zero-order valence-electron chi connectivity index (χ0n) is 10.6. The van der Waals surface area contributed by atoms with Gasteiger partial charge in [0.15, 0.2) is 0 Å². The van der Waals surface area contributed by atoms with Crippen molar-refractivity contribution in [3.05, 3.63) is 23.8 Å². The largest absolute Gasteiger partial charge is 0.497 e. The average Bonchev–Trinajstić information content (AvgIpc) is 2.36. The predicted molar refractivity (Wildman–Crippen MR) is 69.2 cm³/mol. The number of benzene rings is 1. The molecule has 1 amide bonds. The van der Waals surface area contributed by atoms with Crippen LogP contribution in [0.3, 0.4) is 0 Å². The third kappa shape index (κ3) is 3.66. The van der Waals surface area contributed by atoms with Gasteiger partial charge in [-0.05, 0) is 24.1 Å². The summed E-state index contributed by atoms with van der Waals surface area (Å²) in [6, 6.07) is 5.07. The standard InChI is InChI=1S/C13H20N2O2/c1-4-9(2)8-15-13(16)11-7-10(17-3)5-6-12(11)14/h5-7,9H,4,8,14H2,1-3H3,(H,15,16). The van der Waals surface area contributed by atoms with Gasteiger partial charge < -0.3 is 15.8 Å². The Hall–Kier alpha value is -1.71. The van der Waals surface area contributed by atoms with Gasteiger partial charge >= 0.3 is 0 Å². The second-order valence-corrected chi connectivity index (χ2v) is 4.18. The molecule has 3 N–H and O–H groups in total. The first kappa shape index (κ1) is 13.4. The molecule has 0 heterocycles. The number of nitrogen functional groups attached to an aromatic ring is 1. The molecule has 4 nitrogen and oxygen atoms in total. The highest BCUT2D eigenvalue weighted by Gasteiger charge is 2.11. The van der Waals surface area contributed by atoms with Crippen molar-refractivity contribution < 1.29 is 9.53 Å². The Morgan fingerprint density at radius 2 is 2.24 bits per heavy atom. The van der Waals surface area contributed by atoms with E-state index in [1.54, 1.807) is 25.3 Å². The Kier molecular flexibility index (Phi) is 4.82. The van der Waals surface area contributed by atoms with Gasteiger partial charge in [-0.3, -0.25) is 4.79 Å². The molecule has 0 aliphatic carbocycles. The molecule has 0 aliphatic heterocycles. The van der Waals surface area contributed by atoms with Gasteiger partial charge in [0.25, 0.3) is 5.91 Å². The fourth-order valence-corrected chi connectivity index (χ4v) is 1.37. The van der Waals surface area contributed by atoms with E-state index in [0.717, 1.165) is 6.42 Å². The fourth-order valence-electron chi connectivity index (χ4n) is 1.37. The van der Waals surface area contributed by atoms with Crippen LogP contribution in [0.15, 0.2) is 18.2 Å².